The van der Waals surface area contributed by atoms with E-state index in [0.29, 0.717) is 15.6 Å². The van der Waals surface area contributed by atoms with Crippen molar-refractivity contribution in [2.75, 3.05) is 0 Å². The van der Waals surface area contributed by atoms with E-state index < -0.39 is 4.87 Å². The molecule has 0 aliphatic heterocycles. The molecule has 0 atom stereocenters. The van der Waals surface area contributed by atoms with Crippen molar-refractivity contribution in [1.82, 2.24) is 0 Å². The molecule has 0 nitrogen and oxygen atoms in total. The quantitative estimate of drug-likeness (QED) is 0.373. The Morgan fingerprint density at radius 3 is 1.36 bits per heavy atom. The van der Waals surface area contributed by atoms with Crippen molar-refractivity contribution in [3.05, 3.63) is 106 Å². The zero-order valence-corrected chi connectivity index (χ0v) is 13.9. The minimum Gasteiger partial charge on any atom is -0.103 e. The standard InChI is InChI=1S/C19H13Cl3/c20-16-12-7-13-17(21)18(16)19(22,14-8-3-1-4-9-14)15-10-5-2-6-11-15/h1-13H. The van der Waals surface area contributed by atoms with Gasteiger partial charge in [-0.15, -0.1) is 11.6 Å². The van der Waals surface area contributed by atoms with Gasteiger partial charge in [-0.1, -0.05) is 89.9 Å². The molecule has 3 rings (SSSR count). The van der Waals surface area contributed by atoms with Crippen LogP contribution in [0, 0.1) is 0 Å². The van der Waals surface area contributed by atoms with Crippen LogP contribution in [0.1, 0.15) is 16.7 Å². The summed E-state index contributed by atoms with van der Waals surface area (Å²) in [6.45, 7) is 0. The Balaban J connectivity index is 2.34. The van der Waals surface area contributed by atoms with Gasteiger partial charge in [0.25, 0.3) is 0 Å². The Hall–Kier alpha value is -1.47. The molecular weight excluding hydrogens is 335 g/mol. The van der Waals surface area contributed by atoms with E-state index in [1.807, 2.05) is 78.9 Å². The summed E-state index contributed by atoms with van der Waals surface area (Å²) in [5, 5.41) is 1.10. The lowest BCUT2D eigenvalue weighted by molar-refractivity contribution is 0.880. The third-order valence-electron chi connectivity index (χ3n) is 3.65. The molecule has 0 heterocycles. The first-order chi connectivity index (χ1) is 10.6. The van der Waals surface area contributed by atoms with Crippen LogP contribution in [0.3, 0.4) is 0 Å². The van der Waals surface area contributed by atoms with E-state index in [9.17, 15) is 0 Å². The fourth-order valence-electron chi connectivity index (χ4n) is 2.62. The van der Waals surface area contributed by atoms with Crippen molar-refractivity contribution >= 4 is 34.8 Å². The third kappa shape index (κ3) is 2.63. The van der Waals surface area contributed by atoms with E-state index in [4.69, 9.17) is 34.8 Å². The van der Waals surface area contributed by atoms with Crippen LogP contribution in [-0.4, -0.2) is 0 Å². The van der Waals surface area contributed by atoms with Gasteiger partial charge in [-0.25, -0.2) is 0 Å². The van der Waals surface area contributed by atoms with E-state index >= 15 is 0 Å². The SMILES string of the molecule is Clc1cccc(Cl)c1C(Cl)(c1ccccc1)c1ccccc1. The second-order valence-corrected chi connectivity index (χ2v) is 6.37. The molecule has 0 amide bonds. The smallest absolute Gasteiger partial charge is 0.103 e. The minimum absolute atomic E-state index is 0.551. The first-order valence-corrected chi connectivity index (χ1v) is 8.02. The number of hydrogen-bond donors (Lipinski definition) is 0. The molecule has 22 heavy (non-hydrogen) atoms. The second kappa shape index (κ2) is 6.34. The molecule has 0 saturated carbocycles. The van der Waals surface area contributed by atoms with Crippen LogP contribution in [-0.2, 0) is 4.87 Å². The molecule has 3 aromatic rings. The first-order valence-electron chi connectivity index (χ1n) is 6.88. The van der Waals surface area contributed by atoms with Crippen molar-refractivity contribution < 1.29 is 0 Å². The zero-order valence-electron chi connectivity index (χ0n) is 11.6. The highest BCUT2D eigenvalue weighted by Gasteiger charge is 2.37. The van der Waals surface area contributed by atoms with Gasteiger partial charge in [0.2, 0.25) is 0 Å². The van der Waals surface area contributed by atoms with Gasteiger partial charge in [-0.2, -0.15) is 0 Å². The molecule has 0 N–H and O–H groups in total. The Bertz CT molecular complexity index is 707. The van der Waals surface area contributed by atoms with E-state index in [0.717, 1.165) is 11.1 Å². The van der Waals surface area contributed by atoms with Crippen molar-refractivity contribution in [2.45, 2.75) is 4.87 Å². The van der Waals surface area contributed by atoms with Gasteiger partial charge >= 0.3 is 0 Å². The van der Waals surface area contributed by atoms with Crippen molar-refractivity contribution in [1.29, 1.82) is 0 Å². The van der Waals surface area contributed by atoms with E-state index in [-0.39, 0.29) is 0 Å². The molecule has 3 aromatic carbocycles. The molecular formula is C19H13Cl3. The highest BCUT2D eigenvalue weighted by atomic mass is 35.5. The molecule has 0 aliphatic carbocycles. The zero-order chi connectivity index (χ0) is 15.6. The lowest BCUT2D eigenvalue weighted by Crippen LogP contribution is -2.23. The minimum atomic E-state index is -0.933. The van der Waals surface area contributed by atoms with Crippen molar-refractivity contribution in [3.8, 4) is 0 Å². The molecule has 0 radical (unpaired) electrons. The summed E-state index contributed by atoms with van der Waals surface area (Å²) in [5.41, 5.74) is 2.56. The molecule has 0 fully saturated rings. The van der Waals surface area contributed by atoms with E-state index in [2.05, 4.69) is 0 Å². The number of hydrogen-bond acceptors (Lipinski definition) is 0. The third-order valence-corrected chi connectivity index (χ3v) is 4.91. The molecule has 0 unspecified atom stereocenters. The van der Waals surface area contributed by atoms with Gasteiger partial charge in [0.05, 0.1) is 0 Å². The number of benzene rings is 3. The highest BCUT2D eigenvalue weighted by molar-refractivity contribution is 6.39. The number of halogens is 3. The van der Waals surface area contributed by atoms with Crippen LogP contribution in [0.25, 0.3) is 0 Å². The summed E-state index contributed by atoms with van der Waals surface area (Å²) in [6, 6.07) is 25.1. The molecule has 0 bridgehead atoms. The number of alkyl halides is 1. The summed E-state index contributed by atoms with van der Waals surface area (Å²) in [5.74, 6) is 0. The maximum absolute atomic E-state index is 7.16. The fraction of sp³-hybridized carbons (Fsp3) is 0.0526. The molecule has 110 valence electrons. The van der Waals surface area contributed by atoms with Crippen LogP contribution in [0.5, 0.6) is 0 Å². The summed E-state index contributed by atoms with van der Waals surface area (Å²) >= 11 is 20.0. The second-order valence-electron chi connectivity index (χ2n) is 4.99. The topological polar surface area (TPSA) is 0 Å². The summed E-state index contributed by atoms with van der Waals surface area (Å²) < 4.78 is 0. The lowest BCUT2D eigenvalue weighted by Gasteiger charge is -2.30. The fourth-order valence-corrected chi connectivity index (χ4v) is 3.85. The van der Waals surface area contributed by atoms with Gasteiger partial charge in [-0.3, -0.25) is 0 Å². The van der Waals surface area contributed by atoms with Gasteiger partial charge in [-0.05, 0) is 23.3 Å². The van der Waals surface area contributed by atoms with Gasteiger partial charge in [0, 0.05) is 15.6 Å². The highest BCUT2D eigenvalue weighted by Crippen LogP contribution is 2.48. The molecule has 0 aromatic heterocycles. The van der Waals surface area contributed by atoms with Gasteiger partial charge in [0.15, 0.2) is 0 Å². The molecule has 0 saturated heterocycles. The average molecular weight is 348 g/mol. The first kappa shape index (κ1) is 15.4. The van der Waals surface area contributed by atoms with Crippen LogP contribution in [0.2, 0.25) is 10.0 Å². The number of rotatable bonds is 3. The molecule has 3 heteroatoms. The Morgan fingerprint density at radius 2 is 0.955 bits per heavy atom. The Morgan fingerprint density at radius 1 is 0.545 bits per heavy atom. The Labute approximate surface area is 145 Å². The van der Waals surface area contributed by atoms with Gasteiger partial charge < -0.3 is 0 Å². The van der Waals surface area contributed by atoms with E-state index in [1.54, 1.807) is 0 Å². The predicted octanol–water partition coefficient (Wildman–Crippen LogP) is 6.52. The van der Waals surface area contributed by atoms with Crippen LogP contribution in [0.4, 0.5) is 0 Å². The molecule has 0 spiro atoms. The predicted molar refractivity (Wildman–Crippen MR) is 95.1 cm³/mol. The van der Waals surface area contributed by atoms with Crippen molar-refractivity contribution in [3.63, 3.8) is 0 Å². The summed E-state index contributed by atoms with van der Waals surface area (Å²) in [4.78, 5) is -0.933. The largest absolute Gasteiger partial charge is 0.122 e. The summed E-state index contributed by atoms with van der Waals surface area (Å²) in [7, 11) is 0. The maximum atomic E-state index is 7.16. The Kier molecular flexibility index (Phi) is 4.44. The van der Waals surface area contributed by atoms with Crippen molar-refractivity contribution in [2.24, 2.45) is 0 Å². The van der Waals surface area contributed by atoms with Gasteiger partial charge in [0.1, 0.15) is 4.87 Å². The maximum Gasteiger partial charge on any atom is 0.122 e. The van der Waals surface area contributed by atoms with E-state index in [1.165, 1.54) is 0 Å². The van der Waals surface area contributed by atoms with Crippen LogP contribution >= 0.6 is 34.8 Å². The molecule has 0 aliphatic rings. The summed E-state index contributed by atoms with van der Waals surface area (Å²) in [6.07, 6.45) is 0. The lowest BCUT2D eigenvalue weighted by atomic mass is 9.84. The van der Waals surface area contributed by atoms with Crippen LogP contribution in [0.15, 0.2) is 78.9 Å². The monoisotopic (exact) mass is 346 g/mol. The average Bonchev–Trinajstić information content (AvgIpc) is 2.56. The van der Waals surface area contributed by atoms with Crippen LogP contribution < -0.4 is 0 Å². The normalized spacial score (nSPS) is 11.4.